The molecule has 2 aromatic rings. The predicted octanol–water partition coefficient (Wildman–Crippen LogP) is 4.83. The Kier molecular flexibility index (Phi) is 4.94. The first-order valence-electron chi connectivity index (χ1n) is 8.57. The summed E-state index contributed by atoms with van der Waals surface area (Å²) in [5.74, 6) is 1.37. The van der Waals surface area contributed by atoms with Gasteiger partial charge in [0.1, 0.15) is 0 Å². The van der Waals surface area contributed by atoms with E-state index < -0.39 is 0 Å². The zero-order valence-corrected chi connectivity index (χ0v) is 13.8. The fourth-order valence-electron chi connectivity index (χ4n) is 3.83. The molecule has 0 atom stereocenters. The van der Waals surface area contributed by atoms with Gasteiger partial charge in [0.2, 0.25) is 0 Å². The van der Waals surface area contributed by atoms with E-state index in [1.165, 1.54) is 54.6 Å². The quantitative estimate of drug-likeness (QED) is 0.851. The Labute approximate surface area is 134 Å². The smallest absolute Gasteiger partial charge is 0.00972 e. The van der Waals surface area contributed by atoms with E-state index in [4.69, 9.17) is 0 Å². The molecule has 0 unspecified atom stereocenters. The number of hydrogen-bond donors (Lipinski definition) is 1. The van der Waals surface area contributed by atoms with Crippen LogP contribution in [0, 0.1) is 19.8 Å². The first-order chi connectivity index (χ1) is 10.8. The molecule has 0 aliphatic carbocycles. The Hall–Kier alpha value is -1.60. The van der Waals surface area contributed by atoms with E-state index >= 15 is 0 Å². The fourth-order valence-corrected chi connectivity index (χ4v) is 3.83. The van der Waals surface area contributed by atoms with E-state index in [0.717, 1.165) is 5.92 Å². The van der Waals surface area contributed by atoms with Crippen molar-refractivity contribution < 1.29 is 0 Å². The van der Waals surface area contributed by atoms with Crippen molar-refractivity contribution in [3.05, 3.63) is 70.8 Å². The molecule has 0 spiro atoms. The molecule has 0 radical (unpaired) electrons. The maximum absolute atomic E-state index is 3.49. The van der Waals surface area contributed by atoms with Gasteiger partial charge in [0.15, 0.2) is 0 Å². The lowest BCUT2D eigenvalue weighted by molar-refractivity contribution is 0.341. The van der Waals surface area contributed by atoms with Crippen LogP contribution in [0.2, 0.25) is 0 Å². The average Bonchev–Trinajstić information content (AvgIpc) is 2.55. The predicted molar refractivity (Wildman–Crippen MR) is 94.4 cm³/mol. The van der Waals surface area contributed by atoms with Gasteiger partial charge in [0.05, 0.1) is 0 Å². The molecule has 1 heteroatoms. The van der Waals surface area contributed by atoms with Crippen molar-refractivity contribution in [3.63, 3.8) is 0 Å². The van der Waals surface area contributed by atoms with Crippen LogP contribution in [0.15, 0.2) is 48.5 Å². The van der Waals surface area contributed by atoms with E-state index in [0.29, 0.717) is 5.92 Å². The van der Waals surface area contributed by atoms with E-state index in [9.17, 15) is 0 Å². The number of benzene rings is 2. The zero-order valence-electron chi connectivity index (χ0n) is 13.8. The highest BCUT2D eigenvalue weighted by atomic mass is 14.9. The minimum Gasteiger partial charge on any atom is -0.317 e. The van der Waals surface area contributed by atoms with E-state index in [2.05, 4.69) is 67.7 Å². The van der Waals surface area contributed by atoms with Crippen molar-refractivity contribution in [3.8, 4) is 0 Å². The third-order valence-electron chi connectivity index (χ3n) is 5.16. The number of nitrogens with one attached hydrogen (secondary N) is 1. The second kappa shape index (κ2) is 7.11. The molecule has 1 aliphatic rings. The normalized spacial score (nSPS) is 16.1. The van der Waals surface area contributed by atoms with Gasteiger partial charge in [0, 0.05) is 5.92 Å². The molecule has 1 fully saturated rings. The lowest BCUT2D eigenvalue weighted by Crippen LogP contribution is -2.28. The maximum atomic E-state index is 3.49. The molecule has 0 saturated carbocycles. The van der Waals surface area contributed by atoms with Crippen molar-refractivity contribution in [2.75, 3.05) is 13.1 Å². The van der Waals surface area contributed by atoms with Crippen molar-refractivity contribution in [1.82, 2.24) is 5.32 Å². The second-order valence-electron chi connectivity index (χ2n) is 6.69. The Morgan fingerprint density at radius 2 is 1.36 bits per heavy atom. The largest absolute Gasteiger partial charge is 0.317 e. The highest BCUT2D eigenvalue weighted by Gasteiger charge is 2.23. The molecule has 0 aromatic heterocycles. The minimum absolute atomic E-state index is 0.533. The zero-order chi connectivity index (χ0) is 15.4. The van der Waals surface area contributed by atoms with Crippen molar-refractivity contribution in [1.29, 1.82) is 0 Å². The van der Waals surface area contributed by atoms with Crippen LogP contribution in [0.3, 0.4) is 0 Å². The van der Waals surface area contributed by atoms with Gasteiger partial charge in [-0.15, -0.1) is 0 Å². The van der Waals surface area contributed by atoms with Crippen LogP contribution in [0.5, 0.6) is 0 Å². The Morgan fingerprint density at radius 3 is 1.86 bits per heavy atom. The SMILES string of the molecule is Cc1ccccc1C(CC1CCNCC1)c1ccccc1C. The summed E-state index contributed by atoms with van der Waals surface area (Å²) in [7, 11) is 0. The molecular weight excluding hydrogens is 266 g/mol. The standard InChI is InChI=1S/C21H27N/c1-16-7-3-5-9-19(16)21(15-18-11-13-22-14-12-18)20-10-6-4-8-17(20)2/h3-10,18,21-22H,11-15H2,1-2H3. The number of hydrogen-bond acceptors (Lipinski definition) is 1. The van der Waals surface area contributed by atoms with Crippen LogP contribution < -0.4 is 5.32 Å². The summed E-state index contributed by atoms with van der Waals surface area (Å²) < 4.78 is 0. The lowest BCUT2D eigenvalue weighted by Gasteiger charge is -2.29. The Balaban J connectivity index is 1.95. The van der Waals surface area contributed by atoms with Gasteiger partial charge in [-0.25, -0.2) is 0 Å². The Bertz CT molecular complexity index is 565. The number of rotatable bonds is 4. The summed E-state index contributed by atoms with van der Waals surface area (Å²) in [4.78, 5) is 0. The molecule has 3 rings (SSSR count). The van der Waals surface area contributed by atoms with Gasteiger partial charge in [-0.3, -0.25) is 0 Å². The van der Waals surface area contributed by atoms with E-state index in [1.807, 2.05) is 0 Å². The van der Waals surface area contributed by atoms with Crippen molar-refractivity contribution in [2.45, 2.75) is 39.0 Å². The topological polar surface area (TPSA) is 12.0 Å². The van der Waals surface area contributed by atoms with E-state index in [1.54, 1.807) is 0 Å². The van der Waals surface area contributed by atoms with Crippen molar-refractivity contribution in [2.24, 2.45) is 5.92 Å². The van der Waals surface area contributed by atoms with Gasteiger partial charge in [-0.05, 0) is 74.4 Å². The molecule has 1 N–H and O–H groups in total. The van der Waals surface area contributed by atoms with Crippen LogP contribution in [-0.4, -0.2) is 13.1 Å². The van der Waals surface area contributed by atoms with Crippen LogP contribution in [0.1, 0.15) is 47.4 Å². The summed E-state index contributed by atoms with van der Waals surface area (Å²) in [6, 6.07) is 17.8. The first kappa shape index (κ1) is 15.3. The lowest BCUT2D eigenvalue weighted by atomic mass is 9.78. The second-order valence-corrected chi connectivity index (χ2v) is 6.69. The molecule has 22 heavy (non-hydrogen) atoms. The molecule has 1 heterocycles. The average molecular weight is 293 g/mol. The summed E-state index contributed by atoms with van der Waals surface area (Å²) in [5, 5.41) is 3.49. The van der Waals surface area contributed by atoms with Gasteiger partial charge < -0.3 is 5.32 Å². The molecule has 0 bridgehead atoms. The fraction of sp³-hybridized carbons (Fsp3) is 0.429. The minimum atomic E-state index is 0.533. The highest BCUT2D eigenvalue weighted by molar-refractivity contribution is 5.40. The summed E-state index contributed by atoms with van der Waals surface area (Å²) in [6.07, 6.45) is 3.90. The molecule has 2 aromatic carbocycles. The molecule has 116 valence electrons. The van der Waals surface area contributed by atoms with Gasteiger partial charge >= 0.3 is 0 Å². The van der Waals surface area contributed by atoms with E-state index in [-0.39, 0.29) is 0 Å². The third-order valence-corrected chi connectivity index (χ3v) is 5.16. The van der Waals surface area contributed by atoms with Crippen molar-refractivity contribution >= 4 is 0 Å². The molecule has 1 nitrogen and oxygen atoms in total. The van der Waals surface area contributed by atoms with Crippen LogP contribution in [0.4, 0.5) is 0 Å². The third kappa shape index (κ3) is 3.41. The number of piperidine rings is 1. The monoisotopic (exact) mass is 293 g/mol. The van der Waals surface area contributed by atoms with Gasteiger partial charge in [0.25, 0.3) is 0 Å². The highest BCUT2D eigenvalue weighted by Crippen LogP contribution is 2.36. The van der Waals surface area contributed by atoms with Gasteiger partial charge in [-0.1, -0.05) is 48.5 Å². The maximum Gasteiger partial charge on any atom is 0.00972 e. The molecule has 1 aliphatic heterocycles. The molecule has 1 saturated heterocycles. The van der Waals surface area contributed by atoms with Crippen LogP contribution in [-0.2, 0) is 0 Å². The first-order valence-corrected chi connectivity index (χ1v) is 8.57. The summed E-state index contributed by atoms with van der Waals surface area (Å²) in [5.41, 5.74) is 5.86. The molecule has 0 amide bonds. The van der Waals surface area contributed by atoms with Gasteiger partial charge in [-0.2, -0.15) is 0 Å². The van der Waals surface area contributed by atoms with Crippen LogP contribution in [0.25, 0.3) is 0 Å². The van der Waals surface area contributed by atoms with Crippen LogP contribution >= 0.6 is 0 Å². The number of aryl methyl sites for hydroxylation is 2. The molecular formula is C21H27N. The Morgan fingerprint density at radius 1 is 0.864 bits per heavy atom. The summed E-state index contributed by atoms with van der Waals surface area (Å²) >= 11 is 0. The summed E-state index contributed by atoms with van der Waals surface area (Å²) in [6.45, 7) is 6.87.